The van der Waals surface area contributed by atoms with Crippen molar-refractivity contribution in [2.24, 2.45) is 20.5 Å². The minimum absolute atomic E-state index is 0.0885. The first-order valence-corrected chi connectivity index (χ1v) is 18.0. The number of aromatic hydroxyl groups is 2. The molecular weight excluding hydrogens is 689 g/mol. The van der Waals surface area contributed by atoms with E-state index < -0.39 is 87.9 Å². The van der Waals surface area contributed by atoms with E-state index in [0.29, 0.717) is 17.8 Å². The molecule has 4 rings (SSSR count). The second kappa shape index (κ2) is 11.9. The molecule has 1 amide bonds. The van der Waals surface area contributed by atoms with E-state index >= 15 is 0 Å². The third-order valence-corrected chi connectivity index (χ3v) is 9.56. The van der Waals surface area contributed by atoms with Crippen LogP contribution in [-0.4, -0.2) is 64.4 Å². The topological polar surface area (TPSA) is 285 Å². The Hall–Kier alpha value is -4.49. The van der Waals surface area contributed by atoms with Crippen LogP contribution in [0.15, 0.2) is 90.9 Å². The van der Waals surface area contributed by atoms with Crippen LogP contribution in [-0.2, 0) is 28.8 Å². The Kier molecular flexibility index (Phi) is 8.76. The van der Waals surface area contributed by atoms with Crippen LogP contribution in [0.25, 0.3) is 10.8 Å². The quantitative estimate of drug-likeness (QED) is 0.0789. The van der Waals surface area contributed by atoms with Crippen LogP contribution >= 0.6 is 0 Å². The summed E-state index contributed by atoms with van der Waals surface area (Å²) in [6, 6.07) is 11.7. The summed E-state index contributed by atoms with van der Waals surface area (Å²) < 4.78 is 99.0. The molecule has 0 saturated carbocycles. The smallest absolute Gasteiger partial charge is 0.0325 e. The van der Waals surface area contributed by atoms with E-state index in [1.807, 2.05) is 0 Å². The van der Waals surface area contributed by atoms with Crippen molar-refractivity contribution in [3.05, 3.63) is 60.7 Å². The molecule has 0 heterocycles. The number of rotatable bonds is 8. The number of phenolic OH excluding ortho intramolecular Hbond substituents is 2. The predicted molar refractivity (Wildman–Crippen MR) is 153 cm³/mol. The first-order valence-electron chi connectivity index (χ1n) is 11.7. The van der Waals surface area contributed by atoms with E-state index in [2.05, 4.69) is 25.8 Å². The summed E-state index contributed by atoms with van der Waals surface area (Å²) in [5, 5.41) is 38.1. The van der Waals surface area contributed by atoms with Gasteiger partial charge in [0.05, 0.1) is 0 Å². The second-order valence-corrected chi connectivity index (χ2v) is 14.9. The van der Waals surface area contributed by atoms with Gasteiger partial charge in [-0.05, 0) is 24.3 Å². The van der Waals surface area contributed by atoms with Gasteiger partial charge in [0.2, 0.25) is 5.91 Å². The summed E-state index contributed by atoms with van der Waals surface area (Å²) in [6.45, 7) is 1.29. The summed E-state index contributed by atoms with van der Waals surface area (Å²) in [5.41, 5.74) is -1.82. The van der Waals surface area contributed by atoms with Crippen molar-refractivity contribution < 1.29 is 52.9 Å². The van der Waals surface area contributed by atoms with Crippen LogP contribution < -0.4 is 9.67 Å². The number of carbonyl (C=O) groups excluding carboxylic acids is 1. The summed E-state index contributed by atoms with van der Waals surface area (Å²) >= 11 is -5.58. The fourth-order valence-corrected chi connectivity index (χ4v) is 6.65. The zero-order valence-corrected chi connectivity index (χ0v) is 25.5. The van der Waals surface area contributed by atoms with Gasteiger partial charge in [-0.25, -0.2) is 0 Å². The maximum atomic E-state index is 12.2. The third-order valence-electron chi connectivity index (χ3n) is 5.71. The Bertz CT molecular complexity index is 2150. The number of phenols is 2. The van der Waals surface area contributed by atoms with Gasteiger partial charge in [-0.3, -0.25) is 4.79 Å². The molecule has 0 aliphatic rings. The zero-order chi connectivity index (χ0) is 32.6. The number of benzene rings is 4. The summed E-state index contributed by atoms with van der Waals surface area (Å²) in [4.78, 5) is 9.01. The molecule has 0 bridgehead atoms. The Labute approximate surface area is 250 Å². The number of amides is 1. The molecule has 0 atom stereocenters. The van der Waals surface area contributed by atoms with Crippen molar-refractivity contribution in [3.8, 4) is 11.5 Å². The Morgan fingerprint density at radius 2 is 1.27 bits per heavy atom. The molecule has 230 valence electrons. The fourth-order valence-electron chi connectivity index (χ4n) is 3.87. The molecule has 0 saturated heterocycles. The molecule has 17 nitrogen and oxygen atoms in total. The van der Waals surface area contributed by atoms with E-state index in [0.717, 1.165) is 12.1 Å². The zero-order valence-electron chi connectivity index (χ0n) is 22.0. The van der Waals surface area contributed by atoms with Crippen LogP contribution in [0, 0.1) is 0 Å². The van der Waals surface area contributed by atoms with Gasteiger partial charge in [0, 0.05) is 12.6 Å². The molecule has 0 aromatic heterocycles. The van der Waals surface area contributed by atoms with E-state index in [1.165, 1.54) is 43.3 Å². The molecule has 20 heteroatoms. The van der Waals surface area contributed by atoms with Crippen molar-refractivity contribution >= 4 is 83.9 Å². The SMILES string of the molecule is CC(=O)Nc1ccc(N=Nc2c(S(=O)(=O)O)cc3cc(S(=O)(=O)O)c(N=Nc4ccccc4[As](=O)(O)O)c(O)c3c2O)cc1. The first-order chi connectivity index (χ1) is 20.4. The third kappa shape index (κ3) is 7.00. The van der Waals surface area contributed by atoms with Crippen molar-refractivity contribution in [3.63, 3.8) is 0 Å². The largest absolute Gasteiger partial charge is 0.0363 e. The molecule has 0 aliphatic heterocycles. The molecule has 0 fully saturated rings. The number of nitrogens with zero attached hydrogens (tertiary/aromatic N) is 4. The predicted octanol–water partition coefficient (Wildman–Crippen LogP) is 3.09. The molecule has 0 unspecified atom stereocenters. The van der Waals surface area contributed by atoms with E-state index in [-0.39, 0.29) is 11.6 Å². The van der Waals surface area contributed by atoms with Crippen molar-refractivity contribution in [2.75, 3.05) is 5.32 Å². The number of fused-ring (bicyclic) bond motifs is 1. The monoisotopic (exact) mass is 709 g/mol. The van der Waals surface area contributed by atoms with Crippen LogP contribution in [0.4, 0.5) is 28.4 Å². The molecule has 7 N–H and O–H groups in total. The van der Waals surface area contributed by atoms with E-state index in [9.17, 15) is 52.9 Å². The normalized spacial score (nSPS) is 12.8. The van der Waals surface area contributed by atoms with Crippen LogP contribution in [0.1, 0.15) is 6.92 Å². The van der Waals surface area contributed by atoms with Crippen LogP contribution in [0.5, 0.6) is 11.5 Å². The van der Waals surface area contributed by atoms with Gasteiger partial charge >= 0.3 is 199 Å². The van der Waals surface area contributed by atoms with Gasteiger partial charge in [0.25, 0.3) is 0 Å². The van der Waals surface area contributed by atoms with Gasteiger partial charge in [-0.15, -0.1) is 0 Å². The fraction of sp³-hybridized carbons (Fsp3) is 0.0417. The van der Waals surface area contributed by atoms with Gasteiger partial charge in [-0.1, -0.05) is 0 Å². The molecule has 44 heavy (non-hydrogen) atoms. The Balaban J connectivity index is 1.97. The van der Waals surface area contributed by atoms with Gasteiger partial charge in [0.1, 0.15) is 0 Å². The van der Waals surface area contributed by atoms with Gasteiger partial charge in [-0.2, -0.15) is 0 Å². The maximum absolute atomic E-state index is 12.2. The molecule has 0 aliphatic carbocycles. The second-order valence-electron chi connectivity index (χ2n) is 8.85. The van der Waals surface area contributed by atoms with Crippen molar-refractivity contribution in [2.45, 2.75) is 16.7 Å². The van der Waals surface area contributed by atoms with Gasteiger partial charge < -0.3 is 5.32 Å². The van der Waals surface area contributed by atoms with E-state index in [4.69, 9.17) is 0 Å². The minimum atomic E-state index is -5.58. The molecule has 0 radical (unpaired) electrons. The minimum Gasteiger partial charge on any atom is -0.0363 e. The molecule has 4 aromatic carbocycles. The molecular formula is C24H20AsN5O12S2. The maximum Gasteiger partial charge on any atom is -0.0325 e. The average Bonchev–Trinajstić information content (AvgIpc) is 2.90. The number of hydrogen-bond donors (Lipinski definition) is 7. The number of carbonyl (C=O) groups is 1. The van der Waals surface area contributed by atoms with Crippen molar-refractivity contribution in [1.82, 2.24) is 0 Å². The summed E-state index contributed by atoms with van der Waals surface area (Å²) in [6.07, 6.45) is 0. The summed E-state index contributed by atoms with van der Waals surface area (Å²) in [7, 11) is -10.4. The van der Waals surface area contributed by atoms with Crippen LogP contribution in [0.2, 0.25) is 0 Å². The Morgan fingerprint density at radius 3 is 1.75 bits per heavy atom. The van der Waals surface area contributed by atoms with Crippen LogP contribution in [0.3, 0.4) is 0 Å². The number of hydrogen-bond acceptors (Lipinski definition) is 12. The number of anilines is 1. The average molecular weight is 710 g/mol. The molecule has 4 aromatic rings. The first kappa shape index (κ1) is 32.4. The number of nitrogens with one attached hydrogen (secondary N) is 1. The standard InChI is InChI=1S/C24H20AsN5O12S2/c1-12(31)26-14-6-8-15(9-7-14)27-29-21-18(43(37,38)39)10-13-11-19(44(40,41)42)22(24(33)20(13)23(21)32)30-28-17-5-3-2-4-16(17)25(34,35)36/h2-11,32-33H,1H3,(H,26,31)(H2,34,35,36)(H,37,38,39)(H,40,41,42). The van der Waals surface area contributed by atoms with Crippen molar-refractivity contribution in [1.29, 1.82) is 0 Å². The Morgan fingerprint density at radius 1 is 0.773 bits per heavy atom. The summed E-state index contributed by atoms with van der Waals surface area (Å²) in [5.74, 6) is -2.64. The van der Waals surface area contributed by atoms with E-state index in [1.54, 1.807) is 0 Å². The molecule has 0 spiro atoms. The van der Waals surface area contributed by atoms with Gasteiger partial charge in [0.15, 0.2) is 0 Å². The number of azo groups is 2.